The Labute approximate surface area is 50.1 Å². The molecule has 2 heteroatoms. The first-order valence-corrected chi connectivity index (χ1v) is 2.64. The topological polar surface area (TPSA) is 38.4 Å². The van der Waals surface area contributed by atoms with Crippen molar-refractivity contribution < 1.29 is 0 Å². The predicted molar refractivity (Wildman–Crippen MR) is 37.0 cm³/mol. The maximum Gasteiger partial charge on any atom is 0.0859 e. The molecule has 8 heavy (non-hydrogen) atoms. The van der Waals surface area contributed by atoms with Gasteiger partial charge in [-0.05, 0) is 19.4 Å². The van der Waals surface area contributed by atoms with E-state index in [-0.39, 0.29) is 0 Å². The van der Waals surface area contributed by atoms with Gasteiger partial charge in [0.15, 0.2) is 0 Å². The molecule has 0 spiro atoms. The summed E-state index contributed by atoms with van der Waals surface area (Å²) in [5, 5.41) is 0. The van der Waals surface area contributed by atoms with Crippen LogP contribution >= 0.6 is 0 Å². The molecule has 0 aromatic heterocycles. The van der Waals surface area contributed by atoms with Crippen molar-refractivity contribution in [3.8, 4) is 0 Å². The van der Waals surface area contributed by atoms with E-state index in [9.17, 15) is 0 Å². The van der Waals surface area contributed by atoms with Gasteiger partial charge in [-0.2, -0.15) is 0 Å². The van der Waals surface area contributed by atoms with Crippen LogP contribution in [-0.4, -0.2) is 12.9 Å². The molecule has 0 rings (SSSR count). The van der Waals surface area contributed by atoms with Crippen LogP contribution in [0.15, 0.2) is 16.6 Å². The van der Waals surface area contributed by atoms with Crippen molar-refractivity contribution >= 4 is 6.21 Å². The van der Waals surface area contributed by atoms with E-state index < -0.39 is 0 Å². The fourth-order valence-electron chi connectivity index (χ4n) is 0.271. The molecule has 46 valence electrons. The summed E-state index contributed by atoms with van der Waals surface area (Å²) in [6.07, 6.45) is 3.75. The van der Waals surface area contributed by atoms with E-state index >= 15 is 0 Å². The Balaban J connectivity index is 3.53. The van der Waals surface area contributed by atoms with E-state index in [1.165, 1.54) is 0 Å². The third-order valence-electron chi connectivity index (χ3n) is 0.856. The molecule has 0 saturated carbocycles. The third-order valence-corrected chi connectivity index (χ3v) is 0.856. The molecule has 0 aromatic carbocycles. The summed E-state index contributed by atoms with van der Waals surface area (Å²) in [6.45, 7) is 4.34. The second-order valence-electron chi connectivity index (χ2n) is 1.53. The Hall–Kier alpha value is -0.630. The van der Waals surface area contributed by atoms with Crippen LogP contribution in [0.25, 0.3) is 0 Å². The first-order valence-electron chi connectivity index (χ1n) is 2.64. The Morgan fingerprint density at radius 1 is 1.75 bits per heavy atom. The SMILES string of the molecule is C/C=C(C)\C=N/CN. The number of nitrogens with two attached hydrogens (primary N) is 1. The largest absolute Gasteiger partial charge is 0.312 e. The van der Waals surface area contributed by atoms with Crippen molar-refractivity contribution in [3.63, 3.8) is 0 Å². The van der Waals surface area contributed by atoms with E-state index in [0.29, 0.717) is 6.67 Å². The summed E-state index contributed by atoms with van der Waals surface area (Å²) in [4.78, 5) is 3.83. The van der Waals surface area contributed by atoms with Crippen molar-refractivity contribution in [2.24, 2.45) is 10.7 Å². The smallest absolute Gasteiger partial charge is 0.0859 e. The highest BCUT2D eigenvalue weighted by molar-refractivity contribution is 5.77. The van der Waals surface area contributed by atoms with Gasteiger partial charge in [-0.15, -0.1) is 0 Å². The molecule has 0 unspecified atom stereocenters. The molecule has 0 amide bonds. The van der Waals surface area contributed by atoms with Gasteiger partial charge >= 0.3 is 0 Å². The lowest BCUT2D eigenvalue weighted by atomic mass is 10.3. The predicted octanol–water partition coefficient (Wildman–Crippen LogP) is 0.940. The number of hydrogen-bond acceptors (Lipinski definition) is 2. The maximum absolute atomic E-state index is 5.11. The van der Waals surface area contributed by atoms with Crippen molar-refractivity contribution in [2.45, 2.75) is 13.8 Å². The van der Waals surface area contributed by atoms with Gasteiger partial charge in [0.2, 0.25) is 0 Å². The summed E-state index contributed by atoms with van der Waals surface area (Å²) in [6, 6.07) is 0. The van der Waals surface area contributed by atoms with Crippen LogP contribution in [0.5, 0.6) is 0 Å². The Morgan fingerprint density at radius 2 is 2.38 bits per heavy atom. The monoisotopic (exact) mass is 112 g/mol. The van der Waals surface area contributed by atoms with Gasteiger partial charge < -0.3 is 5.73 Å². The second-order valence-corrected chi connectivity index (χ2v) is 1.53. The van der Waals surface area contributed by atoms with E-state index in [4.69, 9.17) is 5.73 Å². The minimum absolute atomic E-state index is 0.380. The van der Waals surface area contributed by atoms with E-state index in [1.54, 1.807) is 6.21 Å². The lowest BCUT2D eigenvalue weighted by molar-refractivity contribution is 1.08. The molecule has 0 atom stereocenters. The molecular weight excluding hydrogens is 100 g/mol. The zero-order chi connectivity index (χ0) is 6.41. The maximum atomic E-state index is 5.11. The highest BCUT2D eigenvalue weighted by atomic mass is 14.8. The third kappa shape index (κ3) is 3.56. The van der Waals surface area contributed by atoms with Crippen LogP contribution in [-0.2, 0) is 0 Å². The first kappa shape index (κ1) is 7.37. The highest BCUT2D eigenvalue weighted by Crippen LogP contribution is 1.83. The zero-order valence-corrected chi connectivity index (χ0v) is 5.39. The van der Waals surface area contributed by atoms with Crippen LogP contribution in [0, 0.1) is 0 Å². The quantitative estimate of drug-likeness (QED) is 0.530. The fraction of sp³-hybridized carbons (Fsp3) is 0.500. The fourth-order valence-corrected chi connectivity index (χ4v) is 0.271. The number of allylic oxidation sites excluding steroid dienone is 2. The molecule has 0 saturated heterocycles. The molecule has 0 aliphatic heterocycles. The Bertz CT molecular complexity index is 103. The zero-order valence-electron chi connectivity index (χ0n) is 5.39. The molecule has 2 nitrogen and oxygen atoms in total. The Kier molecular flexibility index (Phi) is 4.17. The summed E-state index contributed by atoms with van der Waals surface area (Å²) in [5.41, 5.74) is 6.25. The normalized spacial score (nSPS) is 13.1. The van der Waals surface area contributed by atoms with Crippen molar-refractivity contribution in [1.29, 1.82) is 0 Å². The van der Waals surface area contributed by atoms with Gasteiger partial charge in [0.25, 0.3) is 0 Å². The van der Waals surface area contributed by atoms with Crippen LogP contribution in [0.4, 0.5) is 0 Å². The summed E-state index contributed by atoms with van der Waals surface area (Å²) in [5.74, 6) is 0. The molecule has 0 aliphatic rings. The average molecular weight is 112 g/mol. The summed E-state index contributed by atoms with van der Waals surface area (Å²) in [7, 11) is 0. The van der Waals surface area contributed by atoms with Crippen molar-refractivity contribution in [2.75, 3.05) is 6.67 Å². The van der Waals surface area contributed by atoms with E-state index in [2.05, 4.69) is 4.99 Å². The Morgan fingerprint density at radius 3 is 2.75 bits per heavy atom. The molecule has 2 N–H and O–H groups in total. The summed E-state index contributed by atoms with van der Waals surface area (Å²) < 4.78 is 0. The van der Waals surface area contributed by atoms with Gasteiger partial charge in [-0.1, -0.05) is 6.08 Å². The standard InChI is InChI=1S/C6H12N2/c1-3-6(2)4-8-5-7/h3-4H,5,7H2,1-2H3/b6-3-,8-4-. The molecule has 0 bridgehead atoms. The molecule has 0 aromatic rings. The first-order chi connectivity index (χ1) is 3.81. The molecule has 0 aliphatic carbocycles. The average Bonchev–Trinajstić information content (AvgIpc) is 1.83. The van der Waals surface area contributed by atoms with Crippen LogP contribution in [0.2, 0.25) is 0 Å². The van der Waals surface area contributed by atoms with Crippen LogP contribution in [0.3, 0.4) is 0 Å². The second kappa shape index (κ2) is 4.53. The van der Waals surface area contributed by atoms with Gasteiger partial charge in [0.1, 0.15) is 0 Å². The minimum atomic E-state index is 0.380. The van der Waals surface area contributed by atoms with E-state index in [1.807, 2.05) is 19.9 Å². The minimum Gasteiger partial charge on any atom is -0.312 e. The lowest BCUT2D eigenvalue weighted by Crippen LogP contribution is -1.94. The number of nitrogens with zero attached hydrogens (tertiary/aromatic N) is 1. The van der Waals surface area contributed by atoms with Gasteiger partial charge in [-0.25, -0.2) is 0 Å². The number of rotatable bonds is 2. The molecule has 0 heterocycles. The van der Waals surface area contributed by atoms with Crippen molar-refractivity contribution in [3.05, 3.63) is 11.6 Å². The van der Waals surface area contributed by atoms with Gasteiger partial charge in [0.05, 0.1) is 6.67 Å². The van der Waals surface area contributed by atoms with Crippen LogP contribution in [0.1, 0.15) is 13.8 Å². The van der Waals surface area contributed by atoms with Crippen LogP contribution < -0.4 is 5.73 Å². The number of hydrogen-bond donors (Lipinski definition) is 1. The van der Waals surface area contributed by atoms with Gasteiger partial charge in [-0.3, -0.25) is 4.99 Å². The number of aliphatic imine (C=N–C) groups is 1. The van der Waals surface area contributed by atoms with E-state index in [0.717, 1.165) is 5.57 Å². The lowest BCUT2D eigenvalue weighted by Gasteiger charge is -1.84. The molecular formula is C6H12N2. The van der Waals surface area contributed by atoms with Gasteiger partial charge in [0, 0.05) is 6.21 Å². The highest BCUT2D eigenvalue weighted by Gasteiger charge is 1.73. The molecule has 0 radical (unpaired) electrons. The summed E-state index contributed by atoms with van der Waals surface area (Å²) >= 11 is 0. The molecule has 0 fully saturated rings. The van der Waals surface area contributed by atoms with Crippen molar-refractivity contribution in [1.82, 2.24) is 0 Å².